The number of aliphatic hydroxyl groups excluding tert-OH is 1. The lowest BCUT2D eigenvalue weighted by Crippen LogP contribution is -2.48. The van der Waals surface area contributed by atoms with Gasteiger partial charge in [0.05, 0.1) is 12.6 Å². The number of aromatic nitrogens is 1. The van der Waals surface area contributed by atoms with Crippen LogP contribution in [0.5, 0.6) is 0 Å². The van der Waals surface area contributed by atoms with E-state index in [0.717, 1.165) is 65.1 Å². The van der Waals surface area contributed by atoms with Crippen LogP contribution in [0.2, 0.25) is 5.02 Å². The number of fused-ring (bicyclic) bond motifs is 3. The molecule has 0 saturated carbocycles. The maximum absolute atomic E-state index is 13.1. The van der Waals surface area contributed by atoms with E-state index in [0.29, 0.717) is 13.1 Å². The van der Waals surface area contributed by atoms with Crippen LogP contribution in [-0.2, 0) is 13.1 Å². The van der Waals surface area contributed by atoms with E-state index in [9.17, 15) is 9.50 Å². The molecule has 5 rings (SSSR count). The summed E-state index contributed by atoms with van der Waals surface area (Å²) in [6.45, 7) is 5.74. The molecule has 4 aromatic rings. The number of hydrogen-bond donors (Lipinski definition) is 1. The van der Waals surface area contributed by atoms with Crippen molar-refractivity contribution in [1.29, 1.82) is 0 Å². The Balaban J connectivity index is 1.22. The molecule has 1 aliphatic rings. The van der Waals surface area contributed by atoms with E-state index in [2.05, 4.69) is 26.5 Å². The molecule has 2 heterocycles. The molecule has 6 heteroatoms. The van der Waals surface area contributed by atoms with Gasteiger partial charge < -0.3 is 9.67 Å². The van der Waals surface area contributed by atoms with Crippen LogP contribution in [0, 0.1) is 5.82 Å². The van der Waals surface area contributed by atoms with Crippen LogP contribution in [0.4, 0.5) is 4.39 Å². The van der Waals surface area contributed by atoms with Crippen molar-refractivity contribution in [2.75, 3.05) is 32.7 Å². The topological polar surface area (TPSA) is 31.6 Å². The fraction of sp³-hybridized carbons (Fsp3) is 0.308. The van der Waals surface area contributed by atoms with Gasteiger partial charge in [-0.3, -0.25) is 9.80 Å². The second-order valence-corrected chi connectivity index (χ2v) is 9.08. The van der Waals surface area contributed by atoms with E-state index in [1.165, 1.54) is 12.1 Å². The number of aliphatic hydroxyl groups is 1. The van der Waals surface area contributed by atoms with E-state index < -0.39 is 6.10 Å². The van der Waals surface area contributed by atoms with Crippen LogP contribution in [0.25, 0.3) is 21.8 Å². The van der Waals surface area contributed by atoms with E-state index in [1.807, 2.05) is 42.5 Å². The number of nitrogens with zero attached hydrogens (tertiary/aromatic N) is 3. The minimum atomic E-state index is -0.465. The Morgan fingerprint density at radius 1 is 0.812 bits per heavy atom. The minimum Gasteiger partial charge on any atom is -0.390 e. The second-order valence-electron chi connectivity index (χ2n) is 8.65. The predicted molar refractivity (Wildman–Crippen MR) is 129 cm³/mol. The fourth-order valence-electron chi connectivity index (χ4n) is 4.77. The first-order valence-electron chi connectivity index (χ1n) is 11.1. The lowest BCUT2D eigenvalue weighted by atomic mass is 10.2. The molecule has 1 aromatic heterocycles. The van der Waals surface area contributed by atoms with Crippen LogP contribution in [0.15, 0.2) is 66.7 Å². The van der Waals surface area contributed by atoms with Gasteiger partial charge in [0.25, 0.3) is 0 Å². The summed E-state index contributed by atoms with van der Waals surface area (Å²) >= 11 is 6.25. The van der Waals surface area contributed by atoms with Crippen molar-refractivity contribution in [2.45, 2.75) is 19.2 Å². The molecule has 1 saturated heterocycles. The lowest BCUT2D eigenvalue weighted by Gasteiger charge is -2.35. The number of β-amino-alcohol motifs (C(OH)–C–C–N with tert-alkyl or cyclic N) is 1. The average molecular weight is 452 g/mol. The van der Waals surface area contributed by atoms with Crippen molar-refractivity contribution in [3.63, 3.8) is 0 Å². The SMILES string of the molecule is OC(CN1CCN(Cc2ccc(F)cc2)CC1)Cn1c2ccccc2c2cc(Cl)ccc21. The molecular formula is C26H27ClFN3O. The highest BCUT2D eigenvalue weighted by atomic mass is 35.5. The van der Waals surface area contributed by atoms with Crippen LogP contribution in [0.1, 0.15) is 5.56 Å². The van der Waals surface area contributed by atoms with E-state index in [1.54, 1.807) is 0 Å². The van der Waals surface area contributed by atoms with Crippen LogP contribution >= 0.6 is 11.6 Å². The molecule has 3 aromatic carbocycles. The summed E-state index contributed by atoms with van der Waals surface area (Å²) in [4.78, 5) is 4.71. The van der Waals surface area contributed by atoms with E-state index in [-0.39, 0.29) is 5.82 Å². The average Bonchev–Trinajstić information content (AvgIpc) is 3.09. The number of benzene rings is 3. The largest absolute Gasteiger partial charge is 0.390 e. The van der Waals surface area contributed by atoms with Crippen LogP contribution in [0.3, 0.4) is 0 Å². The smallest absolute Gasteiger partial charge is 0.123 e. The predicted octanol–water partition coefficient (Wildman–Crippen LogP) is 4.77. The van der Waals surface area contributed by atoms with E-state index in [4.69, 9.17) is 11.6 Å². The maximum atomic E-state index is 13.1. The molecule has 1 aliphatic heterocycles. The molecule has 0 aliphatic carbocycles. The van der Waals surface area contributed by atoms with Gasteiger partial charge in [-0.1, -0.05) is 41.9 Å². The summed E-state index contributed by atoms with van der Waals surface area (Å²) in [6.07, 6.45) is -0.465. The summed E-state index contributed by atoms with van der Waals surface area (Å²) in [6, 6.07) is 21.0. The molecule has 0 bridgehead atoms. The number of halogens is 2. The van der Waals surface area contributed by atoms with Gasteiger partial charge in [-0.05, 0) is 42.0 Å². The Morgan fingerprint density at radius 2 is 1.50 bits per heavy atom. The van der Waals surface area contributed by atoms with Crippen molar-refractivity contribution in [1.82, 2.24) is 14.4 Å². The molecule has 1 fully saturated rings. The van der Waals surface area contributed by atoms with Crippen molar-refractivity contribution in [3.8, 4) is 0 Å². The molecule has 0 amide bonds. The van der Waals surface area contributed by atoms with Crippen molar-refractivity contribution >= 4 is 33.4 Å². The van der Waals surface area contributed by atoms with Gasteiger partial charge >= 0.3 is 0 Å². The Morgan fingerprint density at radius 3 is 2.28 bits per heavy atom. The first kappa shape index (κ1) is 21.4. The zero-order valence-corrected chi connectivity index (χ0v) is 18.7. The molecule has 0 radical (unpaired) electrons. The highest BCUT2D eigenvalue weighted by Gasteiger charge is 2.21. The summed E-state index contributed by atoms with van der Waals surface area (Å²) in [5.74, 6) is -0.195. The minimum absolute atomic E-state index is 0.195. The molecule has 32 heavy (non-hydrogen) atoms. The van der Waals surface area contributed by atoms with Gasteiger partial charge in [-0.2, -0.15) is 0 Å². The van der Waals surface area contributed by atoms with Gasteiger partial charge in [-0.25, -0.2) is 4.39 Å². The van der Waals surface area contributed by atoms with Gasteiger partial charge in [0.2, 0.25) is 0 Å². The number of rotatable bonds is 6. The zero-order chi connectivity index (χ0) is 22.1. The summed E-state index contributed by atoms with van der Waals surface area (Å²) in [5.41, 5.74) is 3.35. The molecule has 0 spiro atoms. The molecule has 166 valence electrons. The highest BCUT2D eigenvalue weighted by molar-refractivity contribution is 6.31. The normalized spacial score (nSPS) is 16.7. The molecule has 1 N–H and O–H groups in total. The Hall–Kier alpha value is -2.44. The van der Waals surface area contributed by atoms with Crippen molar-refractivity contribution in [2.24, 2.45) is 0 Å². The Bertz CT molecular complexity index is 1220. The molecular weight excluding hydrogens is 425 g/mol. The fourth-order valence-corrected chi connectivity index (χ4v) is 4.94. The summed E-state index contributed by atoms with van der Waals surface area (Å²) < 4.78 is 15.3. The number of hydrogen-bond acceptors (Lipinski definition) is 3. The first-order valence-corrected chi connectivity index (χ1v) is 11.5. The molecule has 1 atom stereocenters. The number of piperazine rings is 1. The first-order chi connectivity index (χ1) is 15.6. The van der Waals surface area contributed by atoms with Crippen molar-refractivity contribution < 1.29 is 9.50 Å². The maximum Gasteiger partial charge on any atom is 0.123 e. The highest BCUT2D eigenvalue weighted by Crippen LogP contribution is 2.31. The lowest BCUT2D eigenvalue weighted by molar-refractivity contribution is 0.0634. The van der Waals surface area contributed by atoms with Crippen LogP contribution < -0.4 is 0 Å². The van der Waals surface area contributed by atoms with Gasteiger partial charge in [0, 0.05) is 66.1 Å². The standard InChI is InChI=1S/C26H27ClFN3O/c27-20-7-10-26-24(15-20)23-3-1-2-4-25(23)31(26)18-22(32)17-30-13-11-29(12-14-30)16-19-5-8-21(28)9-6-19/h1-10,15,22,32H,11-14,16-18H2. The summed E-state index contributed by atoms with van der Waals surface area (Å²) in [5, 5.41) is 13.9. The summed E-state index contributed by atoms with van der Waals surface area (Å²) in [7, 11) is 0. The zero-order valence-electron chi connectivity index (χ0n) is 17.9. The van der Waals surface area contributed by atoms with Gasteiger partial charge in [0.1, 0.15) is 5.82 Å². The quantitative estimate of drug-likeness (QED) is 0.458. The third kappa shape index (κ3) is 4.52. The van der Waals surface area contributed by atoms with Gasteiger partial charge in [-0.15, -0.1) is 0 Å². The molecule has 1 unspecified atom stereocenters. The number of para-hydroxylation sites is 1. The molecule has 4 nitrogen and oxygen atoms in total. The second kappa shape index (κ2) is 9.20. The van der Waals surface area contributed by atoms with Gasteiger partial charge in [0.15, 0.2) is 0 Å². The van der Waals surface area contributed by atoms with Crippen LogP contribution in [-0.4, -0.2) is 58.3 Å². The van der Waals surface area contributed by atoms with E-state index >= 15 is 0 Å². The Kier molecular flexibility index (Phi) is 6.15. The third-order valence-electron chi connectivity index (χ3n) is 6.38. The third-order valence-corrected chi connectivity index (χ3v) is 6.62. The van der Waals surface area contributed by atoms with Crippen molar-refractivity contribution in [3.05, 3.63) is 83.1 Å². The monoisotopic (exact) mass is 451 g/mol. The Labute approximate surface area is 192 Å².